The molecular weight excluding hydrogens is 338 g/mol. The van der Waals surface area contributed by atoms with E-state index < -0.39 is 0 Å². The fourth-order valence-corrected chi connectivity index (χ4v) is 5.21. The Balaban J connectivity index is 1.63. The predicted octanol–water partition coefficient (Wildman–Crippen LogP) is 5.30. The van der Waals surface area contributed by atoms with Crippen LogP contribution >= 0.6 is 38.6 Å². The first-order chi connectivity index (χ1) is 9.22. The average Bonchev–Trinajstić information content (AvgIpc) is 3.01. The summed E-state index contributed by atoms with van der Waals surface area (Å²) < 4.78 is 1.19. The molecule has 1 unspecified atom stereocenters. The Morgan fingerprint density at radius 2 is 2.16 bits per heavy atom. The van der Waals surface area contributed by atoms with Crippen molar-refractivity contribution in [2.75, 3.05) is 0 Å². The van der Waals surface area contributed by atoms with Gasteiger partial charge in [0.2, 0.25) is 0 Å². The summed E-state index contributed by atoms with van der Waals surface area (Å²) in [5.74, 6) is 0. The fraction of sp³-hybridized carbons (Fsp3) is 0.467. The van der Waals surface area contributed by atoms with Crippen LogP contribution in [0.3, 0.4) is 0 Å². The molecule has 0 saturated heterocycles. The van der Waals surface area contributed by atoms with Crippen LogP contribution in [0.4, 0.5) is 0 Å². The molecule has 4 heteroatoms. The summed E-state index contributed by atoms with van der Waals surface area (Å²) in [4.78, 5) is 4.52. The van der Waals surface area contributed by atoms with Gasteiger partial charge in [-0.05, 0) is 66.2 Å². The van der Waals surface area contributed by atoms with Crippen LogP contribution < -0.4 is 5.32 Å². The Bertz CT molecular complexity index is 535. The van der Waals surface area contributed by atoms with Crippen LogP contribution in [0.5, 0.6) is 0 Å². The van der Waals surface area contributed by atoms with Crippen molar-refractivity contribution in [1.82, 2.24) is 5.32 Å². The lowest BCUT2D eigenvalue weighted by Gasteiger charge is -2.10. The Morgan fingerprint density at radius 3 is 2.89 bits per heavy atom. The zero-order chi connectivity index (χ0) is 13.2. The number of fused-ring (bicyclic) bond motifs is 1. The number of thiophene rings is 2. The number of hydrogen-bond acceptors (Lipinski definition) is 3. The lowest BCUT2D eigenvalue weighted by atomic mass is 9.99. The van der Waals surface area contributed by atoms with Crippen LogP contribution in [-0.2, 0) is 19.4 Å². The lowest BCUT2D eigenvalue weighted by Crippen LogP contribution is -2.16. The molecule has 2 aromatic heterocycles. The highest BCUT2D eigenvalue weighted by molar-refractivity contribution is 9.10. The maximum atomic E-state index is 3.64. The third-order valence-corrected chi connectivity index (χ3v) is 6.76. The van der Waals surface area contributed by atoms with Gasteiger partial charge >= 0.3 is 0 Å². The number of halogens is 1. The van der Waals surface area contributed by atoms with Crippen molar-refractivity contribution in [3.63, 3.8) is 0 Å². The highest BCUT2D eigenvalue weighted by Crippen LogP contribution is 2.33. The van der Waals surface area contributed by atoms with Crippen LogP contribution in [0.25, 0.3) is 0 Å². The molecule has 1 atom stereocenters. The SMILES string of the molecule is CC(NCc1cc(Br)cs1)c1cc2c(s1)CCCC2. The van der Waals surface area contributed by atoms with Crippen molar-refractivity contribution in [2.24, 2.45) is 0 Å². The fourth-order valence-electron chi connectivity index (χ4n) is 2.53. The molecule has 0 fully saturated rings. The van der Waals surface area contributed by atoms with Gasteiger partial charge in [0.05, 0.1) is 0 Å². The topological polar surface area (TPSA) is 12.0 Å². The number of rotatable bonds is 4. The predicted molar refractivity (Wildman–Crippen MR) is 88.2 cm³/mol. The van der Waals surface area contributed by atoms with Gasteiger partial charge in [-0.25, -0.2) is 0 Å². The highest BCUT2D eigenvalue weighted by atomic mass is 79.9. The van der Waals surface area contributed by atoms with Gasteiger partial charge in [0, 0.05) is 37.1 Å². The summed E-state index contributed by atoms with van der Waals surface area (Å²) >= 11 is 7.33. The van der Waals surface area contributed by atoms with Crippen LogP contribution in [0.15, 0.2) is 22.0 Å². The van der Waals surface area contributed by atoms with Gasteiger partial charge in [0.1, 0.15) is 0 Å². The van der Waals surface area contributed by atoms with E-state index >= 15 is 0 Å². The van der Waals surface area contributed by atoms with Crippen molar-refractivity contribution in [3.8, 4) is 0 Å². The molecule has 19 heavy (non-hydrogen) atoms. The van der Waals surface area contributed by atoms with E-state index in [2.05, 4.69) is 45.7 Å². The molecular formula is C15H18BrNS2. The Kier molecular flexibility index (Phi) is 4.42. The van der Waals surface area contributed by atoms with Crippen molar-refractivity contribution in [2.45, 2.75) is 45.2 Å². The molecule has 0 aromatic carbocycles. The molecule has 1 nitrogen and oxygen atoms in total. The molecule has 1 aliphatic rings. The van der Waals surface area contributed by atoms with Gasteiger partial charge < -0.3 is 5.32 Å². The van der Waals surface area contributed by atoms with Gasteiger partial charge in [-0.15, -0.1) is 22.7 Å². The third kappa shape index (κ3) is 3.30. The van der Waals surface area contributed by atoms with Crippen LogP contribution in [0.1, 0.15) is 46.0 Å². The molecule has 2 heterocycles. The Labute approximate surface area is 131 Å². The number of hydrogen-bond donors (Lipinski definition) is 1. The largest absolute Gasteiger partial charge is 0.305 e. The summed E-state index contributed by atoms with van der Waals surface area (Å²) in [6.07, 6.45) is 5.33. The minimum Gasteiger partial charge on any atom is -0.305 e. The van der Waals surface area contributed by atoms with Gasteiger partial charge in [-0.1, -0.05) is 0 Å². The van der Waals surface area contributed by atoms with E-state index in [1.807, 2.05) is 22.7 Å². The first-order valence-corrected chi connectivity index (χ1v) is 9.29. The van der Waals surface area contributed by atoms with E-state index in [-0.39, 0.29) is 0 Å². The van der Waals surface area contributed by atoms with Crippen molar-refractivity contribution >= 4 is 38.6 Å². The van der Waals surface area contributed by atoms with Gasteiger partial charge in [-0.2, -0.15) is 0 Å². The van der Waals surface area contributed by atoms with Gasteiger partial charge in [-0.3, -0.25) is 0 Å². The molecule has 1 N–H and O–H groups in total. The summed E-state index contributed by atoms with van der Waals surface area (Å²) in [6.45, 7) is 3.24. The number of nitrogens with one attached hydrogen (secondary N) is 1. The molecule has 0 saturated carbocycles. The summed E-state index contributed by atoms with van der Waals surface area (Å²) in [5, 5.41) is 5.78. The molecule has 0 radical (unpaired) electrons. The molecule has 2 aromatic rings. The van der Waals surface area contributed by atoms with Crippen LogP contribution in [-0.4, -0.2) is 0 Å². The Hall–Kier alpha value is -0.160. The maximum Gasteiger partial charge on any atom is 0.0389 e. The summed E-state index contributed by atoms with van der Waals surface area (Å²) in [5.41, 5.74) is 1.61. The molecule has 102 valence electrons. The number of aryl methyl sites for hydroxylation is 2. The molecule has 0 spiro atoms. The zero-order valence-corrected chi connectivity index (χ0v) is 14.3. The maximum absolute atomic E-state index is 3.64. The summed E-state index contributed by atoms with van der Waals surface area (Å²) in [7, 11) is 0. The monoisotopic (exact) mass is 355 g/mol. The second-order valence-corrected chi connectivity index (χ2v) is 8.22. The normalized spacial score (nSPS) is 16.3. The van der Waals surface area contributed by atoms with E-state index in [0.29, 0.717) is 6.04 Å². The van der Waals surface area contributed by atoms with Crippen molar-refractivity contribution in [1.29, 1.82) is 0 Å². The van der Waals surface area contributed by atoms with E-state index in [9.17, 15) is 0 Å². The quantitative estimate of drug-likeness (QED) is 0.784. The minimum atomic E-state index is 0.455. The first-order valence-electron chi connectivity index (χ1n) is 6.80. The van der Waals surface area contributed by atoms with Crippen LogP contribution in [0.2, 0.25) is 0 Å². The van der Waals surface area contributed by atoms with Crippen molar-refractivity contribution in [3.05, 3.63) is 42.2 Å². The molecule has 0 bridgehead atoms. The minimum absolute atomic E-state index is 0.455. The van der Waals surface area contributed by atoms with E-state index in [0.717, 1.165) is 6.54 Å². The second kappa shape index (κ2) is 6.08. The molecule has 0 aliphatic heterocycles. The van der Waals surface area contributed by atoms with Gasteiger partial charge in [0.25, 0.3) is 0 Å². The second-order valence-electron chi connectivity index (χ2n) is 5.14. The zero-order valence-electron chi connectivity index (χ0n) is 11.0. The Morgan fingerprint density at radius 1 is 1.32 bits per heavy atom. The molecule has 3 rings (SSSR count). The average molecular weight is 356 g/mol. The molecule has 1 aliphatic carbocycles. The third-order valence-electron chi connectivity index (χ3n) is 3.65. The lowest BCUT2D eigenvalue weighted by molar-refractivity contribution is 0.586. The van der Waals surface area contributed by atoms with E-state index in [1.54, 1.807) is 10.4 Å². The summed E-state index contributed by atoms with van der Waals surface area (Å²) in [6, 6.07) is 5.09. The first kappa shape index (κ1) is 13.8. The standard InChI is InChI=1S/C15H18BrNS2/c1-10(17-8-13-7-12(16)9-18-13)15-6-11-4-2-3-5-14(11)19-15/h6-7,9-10,17H,2-5,8H2,1H3. The van der Waals surface area contributed by atoms with E-state index in [1.165, 1.54) is 39.9 Å². The highest BCUT2D eigenvalue weighted by Gasteiger charge is 2.16. The van der Waals surface area contributed by atoms with Crippen LogP contribution in [0, 0.1) is 0 Å². The van der Waals surface area contributed by atoms with Crippen molar-refractivity contribution < 1.29 is 0 Å². The smallest absolute Gasteiger partial charge is 0.0389 e. The molecule has 0 amide bonds. The van der Waals surface area contributed by atoms with Gasteiger partial charge in [0.15, 0.2) is 0 Å². The van der Waals surface area contributed by atoms with E-state index in [4.69, 9.17) is 0 Å².